The fraction of sp³-hybridized carbons (Fsp3) is 0.318. The van der Waals surface area contributed by atoms with E-state index in [1.165, 1.54) is 0 Å². The minimum Gasteiger partial charge on any atom is -0.497 e. The molecule has 2 heterocycles. The van der Waals surface area contributed by atoms with Crippen molar-refractivity contribution in [2.75, 3.05) is 26.8 Å². The monoisotopic (exact) mass is 393 g/mol. The molecule has 1 aromatic heterocycles. The number of hydrogen-bond donors (Lipinski definition) is 0. The summed E-state index contributed by atoms with van der Waals surface area (Å²) in [5, 5.41) is 10.1. The molecule has 0 saturated carbocycles. The van der Waals surface area contributed by atoms with Crippen LogP contribution in [-0.4, -0.2) is 53.9 Å². The number of carbonyl (C=O) groups excluding carboxylic acids is 1. The molecule has 0 unspecified atom stereocenters. The molecule has 7 nitrogen and oxygen atoms in total. The third-order valence-electron chi connectivity index (χ3n) is 5.01. The van der Waals surface area contributed by atoms with Crippen molar-refractivity contribution in [3.8, 4) is 17.4 Å². The number of likely N-dealkylation sites (tertiary alicyclic amines) is 1. The number of rotatable bonds is 6. The number of amides is 1. The van der Waals surface area contributed by atoms with Gasteiger partial charge >= 0.3 is 0 Å². The second-order valence-corrected chi connectivity index (χ2v) is 6.90. The van der Waals surface area contributed by atoms with E-state index in [9.17, 15) is 4.79 Å². The van der Waals surface area contributed by atoms with Gasteiger partial charge in [0, 0.05) is 42.8 Å². The highest BCUT2D eigenvalue weighted by Gasteiger charge is 2.25. The van der Waals surface area contributed by atoms with E-state index >= 15 is 0 Å². The van der Waals surface area contributed by atoms with Crippen molar-refractivity contribution in [1.29, 1.82) is 0 Å². The third kappa shape index (κ3) is 4.56. The summed E-state index contributed by atoms with van der Waals surface area (Å²) < 4.78 is 16.9. The van der Waals surface area contributed by atoms with Crippen LogP contribution in [0.1, 0.15) is 12.8 Å². The van der Waals surface area contributed by atoms with Gasteiger partial charge in [-0.25, -0.2) is 0 Å². The van der Waals surface area contributed by atoms with Gasteiger partial charge in [0.15, 0.2) is 6.61 Å². The van der Waals surface area contributed by atoms with Crippen LogP contribution < -0.4 is 14.2 Å². The summed E-state index contributed by atoms with van der Waals surface area (Å²) in [6, 6.07) is 15.1. The second kappa shape index (κ2) is 8.77. The Kier molecular flexibility index (Phi) is 5.74. The summed E-state index contributed by atoms with van der Waals surface area (Å²) in [6.07, 6.45) is 3.23. The molecule has 0 spiro atoms. The molecule has 29 heavy (non-hydrogen) atoms. The van der Waals surface area contributed by atoms with E-state index in [1.54, 1.807) is 25.4 Å². The molecule has 0 atom stereocenters. The lowest BCUT2D eigenvalue weighted by molar-refractivity contribution is -0.135. The fourth-order valence-electron chi connectivity index (χ4n) is 3.40. The van der Waals surface area contributed by atoms with Crippen LogP contribution in [0.2, 0.25) is 0 Å². The third-order valence-corrected chi connectivity index (χ3v) is 5.01. The molecule has 4 rings (SSSR count). The molecule has 1 fully saturated rings. The van der Waals surface area contributed by atoms with Crippen LogP contribution in [0.3, 0.4) is 0 Å². The van der Waals surface area contributed by atoms with Gasteiger partial charge in [0.05, 0.1) is 13.3 Å². The Hall–Kier alpha value is -3.35. The fourth-order valence-corrected chi connectivity index (χ4v) is 3.40. The average Bonchev–Trinajstić information content (AvgIpc) is 2.78. The molecule has 7 heteroatoms. The zero-order valence-electron chi connectivity index (χ0n) is 16.3. The van der Waals surface area contributed by atoms with E-state index < -0.39 is 0 Å². The minimum atomic E-state index is -0.0313. The van der Waals surface area contributed by atoms with Crippen molar-refractivity contribution >= 4 is 16.7 Å². The first-order chi connectivity index (χ1) is 14.2. The molecular weight excluding hydrogens is 370 g/mol. The highest BCUT2D eigenvalue weighted by molar-refractivity contribution is 5.85. The molecule has 1 aliphatic rings. The van der Waals surface area contributed by atoms with Gasteiger partial charge in [-0.05, 0) is 18.2 Å². The first kappa shape index (κ1) is 19.0. The highest BCUT2D eigenvalue weighted by Crippen LogP contribution is 2.25. The SMILES string of the molecule is COc1cccc(OCC(=O)N2CCC(Oc3nncc4ccccc34)CC2)c1. The number of methoxy groups -OCH3 is 1. The van der Waals surface area contributed by atoms with Crippen molar-refractivity contribution in [3.05, 3.63) is 54.7 Å². The molecule has 0 bridgehead atoms. The van der Waals surface area contributed by atoms with Gasteiger partial charge in [-0.15, -0.1) is 5.10 Å². The second-order valence-electron chi connectivity index (χ2n) is 6.90. The van der Waals surface area contributed by atoms with E-state index in [0.717, 1.165) is 23.6 Å². The van der Waals surface area contributed by atoms with Crippen molar-refractivity contribution in [1.82, 2.24) is 15.1 Å². The van der Waals surface area contributed by atoms with Gasteiger partial charge in [-0.1, -0.05) is 24.3 Å². The Morgan fingerprint density at radius 2 is 1.90 bits per heavy atom. The molecule has 0 radical (unpaired) electrons. The summed E-state index contributed by atoms with van der Waals surface area (Å²) in [7, 11) is 1.60. The summed E-state index contributed by atoms with van der Waals surface area (Å²) in [5.41, 5.74) is 0. The summed E-state index contributed by atoms with van der Waals surface area (Å²) in [4.78, 5) is 14.3. The van der Waals surface area contributed by atoms with Gasteiger partial charge in [0.25, 0.3) is 5.91 Å². The smallest absolute Gasteiger partial charge is 0.260 e. The maximum Gasteiger partial charge on any atom is 0.260 e. The Morgan fingerprint density at radius 3 is 2.72 bits per heavy atom. The first-order valence-corrected chi connectivity index (χ1v) is 9.64. The van der Waals surface area contributed by atoms with Crippen LogP contribution in [0.4, 0.5) is 0 Å². The van der Waals surface area contributed by atoms with E-state index in [-0.39, 0.29) is 18.6 Å². The number of hydrogen-bond acceptors (Lipinski definition) is 6. The van der Waals surface area contributed by atoms with Crippen LogP contribution in [0.25, 0.3) is 10.8 Å². The largest absolute Gasteiger partial charge is 0.497 e. The Labute approximate surface area is 169 Å². The van der Waals surface area contributed by atoms with Gasteiger partial charge in [-0.3, -0.25) is 4.79 Å². The van der Waals surface area contributed by atoms with Crippen LogP contribution in [0.15, 0.2) is 54.7 Å². The van der Waals surface area contributed by atoms with Crippen LogP contribution in [0.5, 0.6) is 17.4 Å². The maximum atomic E-state index is 12.5. The molecule has 1 saturated heterocycles. The lowest BCUT2D eigenvalue weighted by Gasteiger charge is -2.32. The van der Waals surface area contributed by atoms with Crippen molar-refractivity contribution in [2.45, 2.75) is 18.9 Å². The van der Waals surface area contributed by atoms with Crippen molar-refractivity contribution in [2.24, 2.45) is 0 Å². The van der Waals surface area contributed by atoms with E-state index in [1.807, 2.05) is 41.3 Å². The standard InChI is InChI=1S/C22H23N3O4/c1-27-18-6-4-7-19(13-18)28-15-21(26)25-11-9-17(10-12-25)29-22-20-8-3-2-5-16(20)14-23-24-22/h2-8,13-14,17H,9-12,15H2,1H3. The zero-order valence-corrected chi connectivity index (χ0v) is 16.3. The summed E-state index contributed by atoms with van der Waals surface area (Å²) in [5.74, 6) is 1.83. The normalized spacial score (nSPS) is 14.6. The van der Waals surface area contributed by atoms with E-state index in [4.69, 9.17) is 14.2 Å². The molecular formula is C22H23N3O4. The molecule has 1 aliphatic heterocycles. The molecule has 3 aromatic rings. The predicted octanol–water partition coefficient (Wildman–Crippen LogP) is 3.09. The minimum absolute atomic E-state index is 0.00743. The number of ether oxygens (including phenoxy) is 3. The maximum absolute atomic E-state index is 12.5. The Bertz CT molecular complexity index is 981. The Morgan fingerprint density at radius 1 is 1.10 bits per heavy atom. The molecule has 0 aliphatic carbocycles. The number of fused-ring (bicyclic) bond motifs is 1. The van der Waals surface area contributed by atoms with E-state index in [2.05, 4.69) is 10.2 Å². The lowest BCUT2D eigenvalue weighted by atomic mass is 10.1. The van der Waals surface area contributed by atoms with Crippen molar-refractivity contribution < 1.29 is 19.0 Å². The average molecular weight is 393 g/mol. The van der Waals surface area contributed by atoms with E-state index in [0.29, 0.717) is 30.5 Å². The number of nitrogens with zero attached hydrogens (tertiary/aromatic N) is 3. The Balaban J connectivity index is 1.29. The van der Waals surface area contributed by atoms with Crippen LogP contribution in [-0.2, 0) is 4.79 Å². The summed E-state index contributed by atoms with van der Waals surface area (Å²) >= 11 is 0. The molecule has 2 aromatic carbocycles. The van der Waals surface area contributed by atoms with Crippen LogP contribution in [0, 0.1) is 0 Å². The number of piperidine rings is 1. The van der Waals surface area contributed by atoms with Crippen LogP contribution >= 0.6 is 0 Å². The molecule has 0 N–H and O–H groups in total. The zero-order chi connectivity index (χ0) is 20.1. The summed E-state index contributed by atoms with van der Waals surface area (Å²) in [6.45, 7) is 1.26. The van der Waals surface area contributed by atoms with Gasteiger partial charge < -0.3 is 19.1 Å². The molecule has 150 valence electrons. The first-order valence-electron chi connectivity index (χ1n) is 9.64. The predicted molar refractivity (Wildman–Crippen MR) is 108 cm³/mol. The number of carbonyl (C=O) groups is 1. The number of aromatic nitrogens is 2. The topological polar surface area (TPSA) is 73.8 Å². The quantitative estimate of drug-likeness (QED) is 0.641. The highest BCUT2D eigenvalue weighted by atomic mass is 16.5. The molecule has 1 amide bonds. The van der Waals surface area contributed by atoms with Gasteiger partial charge in [0.1, 0.15) is 17.6 Å². The lowest BCUT2D eigenvalue weighted by Crippen LogP contribution is -2.43. The number of benzene rings is 2. The van der Waals surface area contributed by atoms with Gasteiger partial charge in [-0.2, -0.15) is 5.10 Å². The van der Waals surface area contributed by atoms with Gasteiger partial charge in [0.2, 0.25) is 5.88 Å². The van der Waals surface area contributed by atoms with Crippen molar-refractivity contribution in [3.63, 3.8) is 0 Å².